The molecule has 0 aliphatic carbocycles. The molecule has 4 rings (SSSR count). The number of nitro groups is 1. The lowest BCUT2D eigenvalue weighted by atomic mass is 9.86. The van der Waals surface area contributed by atoms with Gasteiger partial charge in [-0.05, 0) is 37.9 Å². The highest BCUT2D eigenvalue weighted by atomic mass is 16.6. The minimum atomic E-state index is -0.430. The second-order valence-electron chi connectivity index (χ2n) is 5.39. The molecule has 3 fully saturated rings. The molecule has 0 spiro atoms. The van der Waals surface area contributed by atoms with E-state index >= 15 is 0 Å². The standard InChI is InChI=1S/C14H18N2O4/c1-19-13-8-11(16(17)18)2-3-12(13)20-14-9-15-6-4-10(14)5-7-15/h2-3,8,10,14H,4-7,9H2,1H3. The first-order valence-corrected chi connectivity index (χ1v) is 6.89. The highest BCUT2D eigenvalue weighted by molar-refractivity contribution is 5.48. The van der Waals surface area contributed by atoms with Gasteiger partial charge in [-0.2, -0.15) is 0 Å². The van der Waals surface area contributed by atoms with Crippen molar-refractivity contribution in [3.8, 4) is 11.5 Å². The lowest BCUT2D eigenvalue weighted by Gasteiger charge is -2.44. The van der Waals surface area contributed by atoms with Gasteiger partial charge in [0, 0.05) is 12.6 Å². The molecule has 0 aromatic heterocycles. The largest absolute Gasteiger partial charge is 0.493 e. The summed E-state index contributed by atoms with van der Waals surface area (Å²) >= 11 is 0. The van der Waals surface area contributed by atoms with Gasteiger partial charge in [0.05, 0.1) is 18.1 Å². The maximum Gasteiger partial charge on any atom is 0.273 e. The molecule has 6 heteroatoms. The van der Waals surface area contributed by atoms with Crippen LogP contribution in [0.3, 0.4) is 0 Å². The Morgan fingerprint density at radius 3 is 2.60 bits per heavy atom. The molecule has 0 saturated carbocycles. The van der Waals surface area contributed by atoms with Crippen LogP contribution < -0.4 is 9.47 Å². The zero-order chi connectivity index (χ0) is 14.1. The van der Waals surface area contributed by atoms with E-state index in [1.165, 1.54) is 32.1 Å². The molecule has 3 aliphatic heterocycles. The van der Waals surface area contributed by atoms with E-state index < -0.39 is 4.92 Å². The Balaban J connectivity index is 1.78. The average Bonchev–Trinajstić information content (AvgIpc) is 2.48. The predicted molar refractivity (Wildman–Crippen MR) is 73.2 cm³/mol. The molecule has 6 nitrogen and oxygen atoms in total. The molecule has 1 aromatic rings. The summed E-state index contributed by atoms with van der Waals surface area (Å²) < 4.78 is 11.3. The van der Waals surface area contributed by atoms with E-state index in [0.29, 0.717) is 17.4 Å². The highest BCUT2D eigenvalue weighted by Crippen LogP contribution is 2.36. The second kappa shape index (κ2) is 5.28. The fourth-order valence-corrected chi connectivity index (χ4v) is 3.07. The minimum absolute atomic E-state index is 0.0168. The number of methoxy groups -OCH3 is 1. The summed E-state index contributed by atoms with van der Waals surface area (Å²) in [5.74, 6) is 1.60. The molecule has 0 N–H and O–H groups in total. The van der Waals surface area contributed by atoms with Crippen LogP contribution in [-0.2, 0) is 0 Å². The maximum atomic E-state index is 10.8. The van der Waals surface area contributed by atoms with E-state index in [1.54, 1.807) is 6.07 Å². The van der Waals surface area contributed by atoms with E-state index in [-0.39, 0.29) is 11.8 Å². The summed E-state index contributed by atoms with van der Waals surface area (Å²) in [6.45, 7) is 3.24. The van der Waals surface area contributed by atoms with Crippen molar-refractivity contribution < 1.29 is 14.4 Å². The molecule has 1 aromatic carbocycles. The van der Waals surface area contributed by atoms with Crippen molar-refractivity contribution in [3.05, 3.63) is 28.3 Å². The van der Waals surface area contributed by atoms with E-state index in [1.807, 2.05) is 0 Å². The third kappa shape index (κ3) is 2.43. The summed E-state index contributed by atoms with van der Waals surface area (Å²) in [5.41, 5.74) is 0.0168. The second-order valence-corrected chi connectivity index (χ2v) is 5.39. The summed E-state index contributed by atoms with van der Waals surface area (Å²) in [7, 11) is 1.50. The monoisotopic (exact) mass is 278 g/mol. The van der Waals surface area contributed by atoms with Crippen LogP contribution in [0, 0.1) is 16.0 Å². The first-order valence-electron chi connectivity index (χ1n) is 6.89. The molecule has 3 saturated heterocycles. The number of nitrogens with zero attached hydrogens (tertiary/aromatic N) is 2. The first kappa shape index (κ1) is 13.2. The van der Waals surface area contributed by atoms with Crippen molar-refractivity contribution in [1.29, 1.82) is 0 Å². The van der Waals surface area contributed by atoms with Gasteiger partial charge in [0.1, 0.15) is 6.10 Å². The number of rotatable bonds is 4. The number of non-ortho nitro benzene ring substituents is 1. The number of hydrogen-bond donors (Lipinski definition) is 0. The Kier molecular flexibility index (Phi) is 3.48. The van der Waals surface area contributed by atoms with Gasteiger partial charge in [-0.1, -0.05) is 0 Å². The number of ether oxygens (including phenoxy) is 2. The fourth-order valence-electron chi connectivity index (χ4n) is 3.07. The SMILES string of the molecule is COc1cc([N+](=O)[O-])ccc1OC1CN2CCC1CC2. The number of piperidine rings is 3. The van der Waals surface area contributed by atoms with Crippen LogP contribution in [0.4, 0.5) is 5.69 Å². The van der Waals surface area contributed by atoms with Crippen LogP contribution in [-0.4, -0.2) is 42.7 Å². The van der Waals surface area contributed by atoms with Crippen molar-refractivity contribution in [2.75, 3.05) is 26.7 Å². The van der Waals surface area contributed by atoms with Gasteiger partial charge < -0.3 is 9.47 Å². The van der Waals surface area contributed by atoms with Crippen LogP contribution in [0.5, 0.6) is 11.5 Å². The Hall–Kier alpha value is -1.82. The molecule has 3 aliphatic rings. The van der Waals surface area contributed by atoms with Gasteiger partial charge in [-0.3, -0.25) is 15.0 Å². The molecule has 1 atom stereocenters. The van der Waals surface area contributed by atoms with Crippen molar-refractivity contribution in [3.63, 3.8) is 0 Å². The highest BCUT2D eigenvalue weighted by Gasteiger charge is 2.36. The van der Waals surface area contributed by atoms with Gasteiger partial charge in [0.15, 0.2) is 11.5 Å². The fraction of sp³-hybridized carbons (Fsp3) is 0.571. The van der Waals surface area contributed by atoms with Gasteiger partial charge in [0.25, 0.3) is 5.69 Å². The van der Waals surface area contributed by atoms with Crippen molar-refractivity contribution >= 4 is 5.69 Å². The van der Waals surface area contributed by atoms with Crippen molar-refractivity contribution in [1.82, 2.24) is 4.90 Å². The summed E-state index contributed by atoms with van der Waals surface area (Å²) in [4.78, 5) is 12.8. The lowest BCUT2D eigenvalue weighted by molar-refractivity contribution is -0.385. The summed E-state index contributed by atoms with van der Waals surface area (Å²) in [6, 6.07) is 4.50. The predicted octanol–water partition coefficient (Wildman–Crippen LogP) is 2.08. The van der Waals surface area contributed by atoms with Gasteiger partial charge in [-0.15, -0.1) is 0 Å². The number of benzene rings is 1. The molecule has 3 heterocycles. The van der Waals surface area contributed by atoms with Crippen LogP contribution in [0.2, 0.25) is 0 Å². The van der Waals surface area contributed by atoms with Gasteiger partial charge in [-0.25, -0.2) is 0 Å². The zero-order valence-corrected chi connectivity index (χ0v) is 11.4. The molecule has 20 heavy (non-hydrogen) atoms. The molecule has 0 amide bonds. The topological polar surface area (TPSA) is 64.8 Å². The Morgan fingerprint density at radius 1 is 1.30 bits per heavy atom. The van der Waals surface area contributed by atoms with E-state index in [9.17, 15) is 10.1 Å². The van der Waals surface area contributed by atoms with Crippen LogP contribution in [0.25, 0.3) is 0 Å². The van der Waals surface area contributed by atoms with Crippen LogP contribution >= 0.6 is 0 Å². The van der Waals surface area contributed by atoms with Crippen molar-refractivity contribution in [2.45, 2.75) is 18.9 Å². The number of fused-ring (bicyclic) bond motifs is 3. The Labute approximate surface area is 117 Å². The molecular weight excluding hydrogens is 260 g/mol. The first-order chi connectivity index (χ1) is 9.67. The molecule has 2 bridgehead atoms. The van der Waals surface area contributed by atoms with E-state index in [0.717, 1.165) is 19.6 Å². The Morgan fingerprint density at radius 2 is 2.05 bits per heavy atom. The third-order valence-electron chi connectivity index (χ3n) is 4.23. The molecule has 1 unspecified atom stereocenters. The quantitative estimate of drug-likeness (QED) is 0.623. The van der Waals surface area contributed by atoms with E-state index in [4.69, 9.17) is 9.47 Å². The van der Waals surface area contributed by atoms with Crippen LogP contribution in [0.15, 0.2) is 18.2 Å². The zero-order valence-electron chi connectivity index (χ0n) is 11.4. The Bertz CT molecular complexity index is 512. The van der Waals surface area contributed by atoms with E-state index in [2.05, 4.69) is 4.90 Å². The maximum absolute atomic E-state index is 10.8. The molecule has 108 valence electrons. The average molecular weight is 278 g/mol. The normalized spacial score (nSPS) is 28.1. The molecule has 0 radical (unpaired) electrons. The van der Waals surface area contributed by atoms with Crippen molar-refractivity contribution in [2.24, 2.45) is 5.92 Å². The lowest BCUT2D eigenvalue weighted by Crippen LogP contribution is -2.52. The summed E-state index contributed by atoms with van der Waals surface area (Å²) in [5, 5.41) is 10.8. The molecular formula is C14H18N2O4. The summed E-state index contributed by atoms with van der Waals surface area (Å²) in [6.07, 6.45) is 2.49. The number of nitro benzene ring substituents is 1. The third-order valence-corrected chi connectivity index (χ3v) is 4.23. The van der Waals surface area contributed by atoms with Gasteiger partial charge in [0.2, 0.25) is 0 Å². The van der Waals surface area contributed by atoms with Crippen LogP contribution in [0.1, 0.15) is 12.8 Å². The smallest absolute Gasteiger partial charge is 0.273 e. The number of hydrogen-bond acceptors (Lipinski definition) is 5. The minimum Gasteiger partial charge on any atom is -0.493 e. The van der Waals surface area contributed by atoms with Gasteiger partial charge >= 0.3 is 0 Å².